The van der Waals surface area contributed by atoms with Crippen LogP contribution in [0, 0.1) is 5.82 Å². The number of nitrogens with one attached hydrogen (secondary N) is 1. The molecule has 1 fully saturated rings. The van der Waals surface area contributed by atoms with Crippen LogP contribution in [-0.2, 0) is 0 Å². The van der Waals surface area contributed by atoms with Gasteiger partial charge in [-0.3, -0.25) is 4.90 Å². The van der Waals surface area contributed by atoms with Crippen LogP contribution >= 0.6 is 0 Å². The first kappa shape index (κ1) is 12.5. The highest BCUT2D eigenvalue weighted by Crippen LogP contribution is 2.24. The highest BCUT2D eigenvalue weighted by molar-refractivity contribution is 5.20. The first-order valence-electron chi connectivity index (χ1n) is 6.12. The van der Waals surface area contributed by atoms with E-state index in [4.69, 9.17) is 5.11 Å². The molecule has 4 heteroatoms. The summed E-state index contributed by atoms with van der Waals surface area (Å²) in [6.07, 6.45) is 0.656. The summed E-state index contributed by atoms with van der Waals surface area (Å²) in [6, 6.07) is 6.82. The zero-order chi connectivity index (χ0) is 12.1. The van der Waals surface area contributed by atoms with Gasteiger partial charge in [0.2, 0.25) is 0 Å². The quantitative estimate of drug-likeness (QED) is 0.826. The van der Waals surface area contributed by atoms with Crippen LogP contribution in [0.2, 0.25) is 0 Å². The summed E-state index contributed by atoms with van der Waals surface area (Å²) in [4.78, 5) is 2.31. The fourth-order valence-electron chi connectivity index (χ4n) is 2.39. The Bertz CT molecular complexity index is 353. The number of nitrogens with zero attached hydrogens (tertiary/aromatic N) is 1. The first-order chi connectivity index (χ1) is 8.31. The molecule has 1 atom stereocenters. The van der Waals surface area contributed by atoms with E-state index in [1.807, 2.05) is 6.07 Å². The summed E-state index contributed by atoms with van der Waals surface area (Å²) < 4.78 is 13.2. The van der Waals surface area contributed by atoms with Crippen molar-refractivity contribution in [3.8, 4) is 0 Å². The molecule has 1 aliphatic rings. The van der Waals surface area contributed by atoms with Crippen molar-refractivity contribution in [2.45, 2.75) is 12.5 Å². The van der Waals surface area contributed by atoms with Gasteiger partial charge in [-0.15, -0.1) is 0 Å². The maximum atomic E-state index is 13.2. The van der Waals surface area contributed by atoms with Gasteiger partial charge < -0.3 is 10.4 Å². The Morgan fingerprint density at radius 3 is 2.76 bits per heavy atom. The number of aliphatic hydroxyl groups is 1. The fraction of sp³-hybridized carbons (Fsp3) is 0.538. The van der Waals surface area contributed by atoms with Crippen LogP contribution in [0.5, 0.6) is 0 Å². The number of aliphatic hydroxyl groups excluding tert-OH is 1. The Balaban J connectivity index is 2.15. The molecule has 1 aromatic carbocycles. The molecule has 0 aromatic heterocycles. The molecule has 94 valence electrons. The molecule has 2 rings (SSSR count). The summed E-state index contributed by atoms with van der Waals surface area (Å²) in [6.45, 7) is 3.93. The van der Waals surface area contributed by atoms with Crippen molar-refractivity contribution in [3.05, 3.63) is 35.6 Å². The van der Waals surface area contributed by atoms with E-state index in [1.54, 1.807) is 12.1 Å². The minimum absolute atomic E-state index is 0.123. The molecule has 1 heterocycles. The Labute approximate surface area is 101 Å². The van der Waals surface area contributed by atoms with Crippen LogP contribution in [0.3, 0.4) is 0 Å². The van der Waals surface area contributed by atoms with Crippen molar-refractivity contribution in [2.24, 2.45) is 0 Å². The van der Waals surface area contributed by atoms with Gasteiger partial charge in [0.15, 0.2) is 0 Å². The SMILES string of the molecule is OCC[C@@H](c1cccc(F)c1)N1CCNCC1. The predicted octanol–water partition coefficient (Wildman–Crippen LogP) is 1.15. The third-order valence-corrected chi connectivity index (χ3v) is 3.23. The lowest BCUT2D eigenvalue weighted by Crippen LogP contribution is -2.45. The monoisotopic (exact) mass is 238 g/mol. The molecule has 1 saturated heterocycles. The number of hydrogen-bond acceptors (Lipinski definition) is 3. The van der Waals surface area contributed by atoms with Crippen LogP contribution in [0.25, 0.3) is 0 Å². The summed E-state index contributed by atoms with van der Waals surface area (Å²) in [5, 5.41) is 12.5. The zero-order valence-corrected chi connectivity index (χ0v) is 9.90. The van der Waals surface area contributed by atoms with Crippen LogP contribution in [0.1, 0.15) is 18.0 Å². The molecule has 2 N–H and O–H groups in total. The van der Waals surface area contributed by atoms with Gasteiger partial charge in [0.25, 0.3) is 0 Å². The van der Waals surface area contributed by atoms with E-state index in [0.29, 0.717) is 6.42 Å². The van der Waals surface area contributed by atoms with E-state index < -0.39 is 0 Å². The molecule has 1 aromatic rings. The molecular formula is C13H19FN2O. The third-order valence-electron chi connectivity index (χ3n) is 3.23. The lowest BCUT2D eigenvalue weighted by atomic mass is 10.0. The van der Waals surface area contributed by atoms with Gasteiger partial charge >= 0.3 is 0 Å². The fourth-order valence-corrected chi connectivity index (χ4v) is 2.39. The first-order valence-corrected chi connectivity index (χ1v) is 6.12. The number of rotatable bonds is 4. The summed E-state index contributed by atoms with van der Waals surface area (Å²) >= 11 is 0. The summed E-state index contributed by atoms with van der Waals surface area (Å²) in [7, 11) is 0. The summed E-state index contributed by atoms with van der Waals surface area (Å²) in [5.74, 6) is -0.208. The molecule has 0 bridgehead atoms. The van der Waals surface area contributed by atoms with Gasteiger partial charge in [-0.05, 0) is 24.1 Å². The van der Waals surface area contributed by atoms with Crippen LogP contribution < -0.4 is 5.32 Å². The van der Waals surface area contributed by atoms with E-state index in [-0.39, 0.29) is 18.5 Å². The number of halogens is 1. The number of benzene rings is 1. The predicted molar refractivity (Wildman–Crippen MR) is 65.3 cm³/mol. The van der Waals surface area contributed by atoms with Crippen LogP contribution in [-0.4, -0.2) is 42.8 Å². The second kappa shape index (κ2) is 6.10. The Morgan fingerprint density at radius 2 is 2.12 bits per heavy atom. The third kappa shape index (κ3) is 3.25. The van der Waals surface area contributed by atoms with Crippen molar-refractivity contribution in [1.29, 1.82) is 0 Å². The van der Waals surface area contributed by atoms with Crippen molar-refractivity contribution in [3.63, 3.8) is 0 Å². The highest BCUT2D eigenvalue weighted by atomic mass is 19.1. The molecular weight excluding hydrogens is 219 g/mol. The normalized spacial score (nSPS) is 19.2. The van der Waals surface area contributed by atoms with Crippen molar-refractivity contribution in [1.82, 2.24) is 10.2 Å². The molecule has 17 heavy (non-hydrogen) atoms. The van der Waals surface area contributed by atoms with E-state index in [1.165, 1.54) is 6.07 Å². The smallest absolute Gasteiger partial charge is 0.123 e. The largest absolute Gasteiger partial charge is 0.396 e. The molecule has 0 saturated carbocycles. The van der Waals surface area contributed by atoms with E-state index in [0.717, 1.165) is 31.7 Å². The lowest BCUT2D eigenvalue weighted by molar-refractivity contribution is 0.141. The van der Waals surface area contributed by atoms with Gasteiger partial charge in [-0.25, -0.2) is 4.39 Å². The average molecular weight is 238 g/mol. The topological polar surface area (TPSA) is 35.5 Å². The Kier molecular flexibility index (Phi) is 4.48. The van der Waals surface area contributed by atoms with Crippen LogP contribution in [0.15, 0.2) is 24.3 Å². The van der Waals surface area contributed by atoms with Crippen molar-refractivity contribution < 1.29 is 9.50 Å². The molecule has 0 unspecified atom stereocenters. The molecule has 0 spiro atoms. The Morgan fingerprint density at radius 1 is 1.35 bits per heavy atom. The molecule has 0 radical (unpaired) electrons. The van der Waals surface area contributed by atoms with Crippen molar-refractivity contribution >= 4 is 0 Å². The minimum Gasteiger partial charge on any atom is -0.396 e. The van der Waals surface area contributed by atoms with Crippen LogP contribution in [0.4, 0.5) is 4.39 Å². The molecule has 3 nitrogen and oxygen atoms in total. The van der Waals surface area contributed by atoms with Gasteiger partial charge in [0, 0.05) is 38.8 Å². The molecule has 0 amide bonds. The maximum Gasteiger partial charge on any atom is 0.123 e. The molecule has 1 aliphatic heterocycles. The average Bonchev–Trinajstić information content (AvgIpc) is 2.37. The maximum absolute atomic E-state index is 13.2. The molecule has 0 aliphatic carbocycles. The lowest BCUT2D eigenvalue weighted by Gasteiger charge is -2.35. The summed E-state index contributed by atoms with van der Waals surface area (Å²) in [5.41, 5.74) is 0.959. The minimum atomic E-state index is -0.208. The van der Waals surface area contributed by atoms with Gasteiger partial charge in [0.1, 0.15) is 5.82 Å². The Hall–Kier alpha value is -0.970. The van der Waals surface area contributed by atoms with E-state index in [2.05, 4.69) is 10.2 Å². The highest BCUT2D eigenvalue weighted by Gasteiger charge is 2.21. The van der Waals surface area contributed by atoms with Gasteiger partial charge in [-0.1, -0.05) is 12.1 Å². The van der Waals surface area contributed by atoms with E-state index in [9.17, 15) is 4.39 Å². The van der Waals surface area contributed by atoms with E-state index >= 15 is 0 Å². The number of piperazine rings is 1. The van der Waals surface area contributed by atoms with Crippen molar-refractivity contribution in [2.75, 3.05) is 32.8 Å². The zero-order valence-electron chi connectivity index (χ0n) is 9.90. The van der Waals surface area contributed by atoms with Gasteiger partial charge in [0.05, 0.1) is 0 Å². The number of hydrogen-bond donors (Lipinski definition) is 2. The second-order valence-corrected chi connectivity index (χ2v) is 4.37. The second-order valence-electron chi connectivity index (χ2n) is 4.37. The van der Waals surface area contributed by atoms with Gasteiger partial charge in [-0.2, -0.15) is 0 Å². The standard InChI is InChI=1S/C13H19FN2O/c14-12-3-1-2-11(10-12)13(4-9-17)16-7-5-15-6-8-16/h1-3,10,13,15,17H,4-9H2/t13-/m0/s1.